The third-order valence-corrected chi connectivity index (χ3v) is 8.13. The number of benzene rings is 3. The first-order chi connectivity index (χ1) is 18.2. The lowest BCUT2D eigenvalue weighted by Gasteiger charge is -2.44. The van der Waals surface area contributed by atoms with Gasteiger partial charge >= 0.3 is 0 Å². The van der Waals surface area contributed by atoms with E-state index in [1.54, 1.807) is 5.56 Å². The van der Waals surface area contributed by atoms with Gasteiger partial charge in [-0.25, -0.2) is 0 Å². The third-order valence-electron chi connectivity index (χ3n) is 8.13. The smallest absolute Gasteiger partial charge is 0.207 e. The van der Waals surface area contributed by atoms with Gasteiger partial charge in [0.25, 0.3) is 0 Å². The second-order valence-electron chi connectivity index (χ2n) is 10.5. The molecule has 1 saturated heterocycles. The van der Waals surface area contributed by atoms with Gasteiger partial charge in [0.05, 0.1) is 0 Å². The van der Waals surface area contributed by atoms with Gasteiger partial charge in [-0.2, -0.15) is 0 Å². The maximum absolute atomic E-state index is 10.2. The van der Waals surface area contributed by atoms with E-state index in [1.807, 2.05) is 0 Å². The number of hydrogen-bond donors (Lipinski definition) is 1. The summed E-state index contributed by atoms with van der Waals surface area (Å²) in [7, 11) is 0. The molecule has 0 saturated carbocycles. The molecule has 3 nitrogen and oxygen atoms in total. The van der Waals surface area contributed by atoms with Crippen molar-refractivity contribution in [2.75, 3.05) is 26.2 Å². The first-order valence-corrected chi connectivity index (χ1v) is 14.0. The topological polar surface area (TPSA) is 32.3 Å². The van der Waals surface area contributed by atoms with Crippen LogP contribution in [0.25, 0.3) is 6.08 Å². The zero-order chi connectivity index (χ0) is 25.8. The molecule has 3 aromatic rings. The summed E-state index contributed by atoms with van der Waals surface area (Å²) in [6, 6.07) is 30.1. The Hall–Kier alpha value is -3.17. The quantitative estimate of drug-likeness (QED) is 0.252. The first-order valence-electron chi connectivity index (χ1n) is 14.0. The summed E-state index contributed by atoms with van der Waals surface area (Å²) in [4.78, 5) is 12.8. The number of carbonyl (C=O) groups is 1. The van der Waals surface area contributed by atoms with Crippen LogP contribution < -0.4 is 5.32 Å². The fraction of sp³-hybridized carbons (Fsp3) is 0.382. The van der Waals surface area contributed by atoms with Crippen LogP contribution in [0.1, 0.15) is 73.6 Å². The van der Waals surface area contributed by atoms with Crippen molar-refractivity contribution in [1.29, 1.82) is 0 Å². The largest absolute Gasteiger partial charge is 0.359 e. The molecular weight excluding hydrogens is 452 g/mol. The molecule has 0 bridgehead atoms. The molecule has 3 aromatic carbocycles. The predicted molar refractivity (Wildman–Crippen MR) is 156 cm³/mol. The average molecular weight is 495 g/mol. The van der Waals surface area contributed by atoms with Crippen LogP contribution in [-0.2, 0) is 10.2 Å². The minimum atomic E-state index is 0.385. The summed E-state index contributed by atoms with van der Waals surface area (Å²) in [5.74, 6) is 0.484. The lowest BCUT2D eigenvalue weighted by Crippen LogP contribution is -2.43. The molecule has 1 spiro atoms. The Morgan fingerprint density at radius 2 is 1.46 bits per heavy atom. The van der Waals surface area contributed by atoms with Crippen molar-refractivity contribution in [3.05, 3.63) is 113 Å². The zero-order valence-electron chi connectivity index (χ0n) is 22.3. The van der Waals surface area contributed by atoms with Gasteiger partial charge in [0.2, 0.25) is 6.41 Å². The molecule has 194 valence electrons. The van der Waals surface area contributed by atoms with Gasteiger partial charge in [0, 0.05) is 17.9 Å². The molecule has 1 N–H and O–H groups in total. The highest BCUT2D eigenvalue weighted by Crippen LogP contribution is 2.43. The van der Waals surface area contributed by atoms with E-state index in [1.165, 1.54) is 68.4 Å². The maximum Gasteiger partial charge on any atom is 0.207 e. The second kappa shape index (κ2) is 13.9. The summed E-state index contributed by atoms with van der Waals surface area (Å²) in [5.41, 5.74) is 6.13. The molecule has 1 aliphatic carbocycles. The Kier molecular flexibility index (Phi) is 10.1. The van der Waals surface area contributed by atoms with Gasteiger partial charge < -0.3 is 10.2 Å². The number of fused-ring (bicyclic) bond motifs is 2. The fourth-order valence-electron chi connectivity index (χ4n) is 5.80. The highest BCUT2D eigenvalue weighted by atomic mass is 16.1. The van der Waals surface area contributed by atoms with E-state index in [4.69, 9.17) is 0 Å². The number of nitrogens with zero attached hydrogens (tertiary/aromatic N) is 1. The second-order valence-corrected chi connectivity index (χ2v) is 10.5. The van der Waals surface area contributed by atoms with Crippen molar-refractivity contribution >= 4 is 12.5 Å². The summed E-state index contributed by atoms with van der Waals surface area (Å²) in [5, 5.41) is 2.73. The molecule has 1 amide bonds. The number of carbonyl (C=O) groups excluding carboxylic acids is 1. The molecule has 5 rings (SSSR count). The van der Waals surface area contributed by atoms with Gasteiger partial charge in [-0.15, -0.1) is 0 Å². The van der Waals surface area contributed by atoms with E-state index in [-0.39, 0.29) is 0 Å². The Labute approximate surface area is 223 Å². The molecule has 0 radical (unpaired) electrons. The van der Waals surface area contributed by atoms with Crippen LogP contribution in [0, 0.1) is 0 Å². The Morgan fingerprint density at radius 1 is 0.838 bits per heavy atom. The normalized spacial score (nSPS) is 16.1. The van der Waals surface area contributed by atoms with Crippen LogP contribution in [0.5, 0.6) is 0 Å². The van der Waals surface area contributed by atoms with Crippen molar-refractivity contribution in [2.45, 2.75) is 56.8 Å². The van der Waals surface area contributed by atoms with Crippen LogP contribution in [0.3, 0.4) is 0 Å². The molecule has 0 unspecified atom stereocenters. The highest BCUT2D eigenvalue weighted by molar-refractivity contribution is 5.59. The molecule has 0 aromatic heterocycles. The van der Waals surface area contributed by atoms with Crippen LogP contribution in [-0.4, -0.2) is 37.5 Å². The van der Waals surface area contributed by atoms with Crippen molar-refractivity contribution in [1.82, 2.24) is 10.2 Å². The monoisotopic (exact) mass is 494 g/mol. The number of nitrogens with one attached hydrogen (secondary N) is 1. The van der Waals surface area contributed by atoms with Crippen molar-refractivity contribution in [3.63, 3.8) is 0 Å². The van der Waals surface area contributed by atoms with Crippen molar-refractivity contribution in [2.24, 2.45) is 0 Å². The van der Waals surface area contributed by atoms with Crippen molar-refractivity contribution in [3.8, 4) is 0 Å². The van der Waals surface area contributed by atoms with E-state index >= 15 is 0 Å². The fourth-order valence-corrected chi connectivity index (χ4v) is 5.80. The van der Waals surface area contributed by atoms with E-state index < -0.39 is 0 Å². The molecular formula is C34H42N2O. The Balaban J connectivity index is 0.000000195. The average Bonchev–Trinajstić information content (AvgIpc) is 2.97. The molecule has 3 heteroatoms. The van der Waals surface area contributed by atoms with Crippen LogP contribution >= 0.6 is 0 Å². The Morgan fingerprint density at radius 3 is 2.11 bits per heavy atom. The number of likely N-dealkylation sites (tertiary alicyclic amines) is 1. The molecule has 37 heavy (non-hydrogen) atoms. The Bertz CT molecular complexity index is 1060. The SMILES string of the molecule is CC(c1ccccc1)c1ccccc1.O=CNCCCCCN1CCC2(CC=Cc3ccccc32)CC1. The number of piperidine rings is 1. The van der Waals surface area contributed by atoms with Crippen LogP contribution in [0.2, 0.25) is 0 Å². The van der Waals surface area contributed by atoms with Crippen LogP contribution in [0.15, 0.2) is 91.0 Å². The lowest BCUT2D eigenvalue weighted by molar-refractivity contribution is -0.109. The number of amides is 1. The molecule has 1 fully saturated rings. The third kappa shape index (κ3) is 7.42. The first kappa shape index (κ1) is 26.9. The summed E-state index contributed by atoms with van der Waals surface area (Å²) in [6.45, 7) is 6.69. The van der Waals surface area contributed by atoms with Gasteiger partial charge in [0.1, 0.15) is 0 Å². The molecule has 1 aliphatic heterocycles. The van der Waals surface area contributed by atoms with Crippen LogP contribution in [0.4, 0.5) is 0 Å². The number of hydrogen-bond acceptors (Lipinski definition) is 2. The molecule has 0 atom stereocenters. The highest BCUT2D eigenvalue weighted by Gasteiger charge is 2.37. The minimum Gasteiger partial charge on any atom is -0.359 e. The maximum atomic E-state index is 10.2. The number of allylic oxidation sites excluding steroid dienone is 1. The van der Waals surface area contributed by atoms with Crippen molar-refractivity contribution < 1.29 is 4.79 Å². The number of rotatable bonds is 9. The van der Waals surface area contributed by atoms with E-state index in [0.29, 0.717) is 11.3 Å². The summed E-state index contributed by atoms with van der Waals surface area (Å²) >= 11 is 0. The summed E-state index contributed by atoms with van der Waals surface area (Å²) in [6.07, 6.45) is 12.8. The predicted octanol–water partition coefficient (Wildman–Crippen LogP) is 7.19. The minimum absolute atomic E-state index is 0.385. The number of unbranched alkanes of at least 4 members (excludes halogenated alkanes) is 2. The van der Waals surface area contributed by atoms with E-state index in [2.05, 4.69) is 114 Å². The standard InChI is InChI=1S/C20H28N2O.C14H14/c23-17-21-13-4-1-5-14-22-15-11-20(12-16-22)10-6-8-18-7-2-3-9-19(18)20;1-12(13-8-4-2-5-9-13)14-10-6-3-7-11-14/h2-3,6-9,17H,1,4-5,10-16H2,(H,21,23);2-12H,1H3. The van der Waals surface area contributed by atoms with Gasteiger partial charge in [0.15, 0.2) is 0 Å². The zero-order valence-corrected chi connectivity index (χ0v) is 22.3. The molecule has 1 heterocycles. The van der Waals surface area contributed by atoms with Gasteiger partial charge in [-0.05, 0) is 74.0 Å². The lowest BCUT2D eigenvalue weighted by atomic mass is 9.67. The summed E-state index contributed by atoms with van der Waals surface area (Å²) < 4.78 is 0. The van der Waals surface area contributed by atoms with E-state index in [9.17, 15) is 4.79 Å². The van der Waals surface area contributed by atoms with Gasteiger partial charge in [-0.1, -0.05) is 110 Å². The van der Waals surface area contributed by atoms with E-state index in [0.717, 1.165) is 19.4 Å². The van der Waals surface area contributed by atoms with Gasteiger partial charge in [-0.3, -0.25) is 4.79 Å². The molecule has 2 aliphatic rings.